The quantitative estimate of drug-likeness (QED) is 0.380. The molecule has 0 saturated carbocycles. The molecule has 0 radical (unpaired) electrons. The number of carbonyl (C=O) groups is 2. The van der Waals surface area contributed by atoms with E-state index in [0.717, 1.165) is 4.68 Å². The molecule has 0 aliphatic carbocycles. The monoisotopic (exact) mass is 516 g/mol. The number of para-hydroxylation sites is 1. The molecule has 0 atom stereocenters. The number of hydrogen-bond donors (Lipinski definition) is 2. The third-order valence-corrected chi connectivity index (χ3v) is 5.43. The minimum absolute atomic E-state index is 0.0103. The molecule has 0 aliphatic heterocycles. The lowest BCUT2D eigenvalue weighted by Gasteiger charge is -2.17. The Morgan fingerprint density at radius 1 is 1.08 bits per heavy atom. The molecule has 0 fully saturated rings. The number of halogens is 4. The van der Waals surface area contributed by atoms with Gasteiger partial charge in [-0.05, 0) is 39.0 Å². The molecule has 2 N–H and O–H groups in total. The second-order valence-corrected chi connectivity index (χ2v) is 8.59. The fraction of sp³-hybridized carbons (Fsp3) is 0.208. The van der Waals surface area contributed by atoms with Crippen LogP contribution in [-0.4, -0.2) is 37.6 Å². The van der Waals surface area contributed by atoms with Gasteiger partial charge >= 0.3 is 6.18 Å². The van der Waals surface area contributed by atoms with E-state index in [-0.39, 0.29) is 28.1 Å². The normalized spacial score (nSPS) is 11.7. The molecular formula is C24H20ClF3N6O2. The summed E-state index contributed by atoms with van der Waals surface area (Å²) < 4.78 is 41.2. The second-order valence-electron chi connectivity index (χ2n) is 8.18. The van der Waals surface area contributed by atoms with Gasteiger partial charge in [-0.1, -0.05) is 29.8 Å². The lowest BCUT2D eigenvalue weighted by atomic mass is 10.0. The lowest BCUT2D eigenvalue weighted by molar-refractivity contribution is -0.141. The maximum absolute atomic E-state index is 13.5. The summed E-state index contributed by atoms with van der Waals surface area (Å²) in [5.74, 6) is -1.59. The molecule has 8 nitrogen and oxygen atoms in total. The number of fused-ring (bicyclic) bond motifs is 1. The van der Waals surface area contributed by atoms with Crippen molar-refractivity contribution in [3.63, 3.8) is 0 Å². The van der Waals surface area contributed by atoms with Gasteiger partial charge in [-0.2, -0.15) is 18.3 Å². The molecule has 0 aliphatic rings. The molecule has 0 saturated heterocycles. The van der Waals surface area contributed by atoms with E-state index in [1.807, 2.05) is 0 Å². The Morgan fingerprint density at radius 3 is 2.47 bits per heavy atom. The van der Waals surface area contributed by atoms with Gasteiger partial charge in [-0.3, -0.25) is 14.6 Å². The van der Waals surface area contributed by atoms with Crippen LogP contribution in [0.1, 0.15) is 46.1 Å². The highest BCUT2D eigenvalue weighted by atomic mass is 35.5. The van der Waals surface area contributed by atoms with Gasteiger partial charge in [0.1, 0.15) is 5.69 Å². The van der Waals surface area contributed by atoms with Crippen molar-refractivity contribution in [1.82, 2.24) is 25.1 Å². The number of alkyl halides is 3. The highest BCUT2D eigenvalue weighted by molar-refractivity contribution is 6.32. The molecule has 0 spiro atoms. The minimum atomic E-state index is -4.83. The minimum Gasteiger partial charge on any atom is -0.350 e. The fourth-order valence-corrected chi connectivity index (χ4v) is 3.81. The van der Waals surface area contributed by atoms with Crippen LogP contribution < -0.4 is 10.6 Å². The highest BCUT2D eigenvalue weighted by Crippen LogP contribution is 2.32. The lowest BCUT2D eigenvalue weighted by Crippen LogP contribution is -2.31. The molecule has 3 heterocycles. The number of carbonyl (C=O) groups excluding carboxylic acids is 2. The van der Waals surface area contributed by atoms with Crippen molar-refractivity contribution in [2.24, 2.45) is 0 Å². The van der Waals surface area contributed by atoms with Crippen molar-refractivity contribution in [1.29, 1.82) is 0 Å². The summed E-state index contributed by atoms with van der Waals surface area (Å²) in [6.07, 6.45) is -3.52. The summed E-state index contributed by atoms with van der Waals surface area (Å²) in [7, 11) is 0. The maximum Gasteiger partial charge on any atom is 0.435 e. The average molecular weight is 517 g/mol. The van der Waals surface area contributed by atoms with Crippen LogP contribution >= 0.6 is 11.6 Å². The summed E-state index contributed by atoms with van der Waals surface area (Å²) in [6.45, 7) is 5.14. The van der Waals surface area contributed by atoms with E-state index in [4.69, 9.17) is 11.6 Å². The Kier molecular flexibility index (Phi) is 6.68. The number of rotatable bonds is 5. The third-order valence-electron chi connectivity index (χ3n) is 5.13. The SMILES string of the molecule is Cc1nc2ccccc2c(C(=O)NC(C)C)c1NC(=O)c1cc(C(F)(F)F)nn1-c1ncccc1Cl. The summed E-state index contributed by atoms with van der Waals surface area (Å²) in [4.78, 5) is 34.9. The van der Waals surface area contributed by atoms with Crippen LogP contribution in [0.15, 0.2) is 48.7 Å². The predicted molar refractivity (Wildman–Crippen MR) is 128 cm³/mol. The maximum atomic E-state index is 13.5. The third kappa shape index (κ3) is 4.87. The van der Waals surface area contributed by atoms with Gasteiger partial charge in [-0.25, -0.2) is 9.67 Å². The van der Waals surface area contributed by atoms with E-state index < -0.39 is 29.4 Å². The molecule has 2 amide bonds. The van der Waals surface area contributed by atoms with Gasteiger partial charge < -0.3 is 10.6 Å². The van der Waals surface area contributed by atoms with Crippen molar-refractivity contribution >= 4 is 40.0 Å². The van der Waals surface area contributed by atoms with Crippen LogP contribution in [0.3, 0.4) is 0 Å². The van der Waals surface area contributed by atoms with Crippen molar-refractivity contribution in [3.8, 4) is 5.82 Å². The van der Waals surface area contributed by atoms with Crippen LogP contribution in [0.4, 0.5) is 18.9 Å². The number of anilines is 1. The van der Waals surface area contributed by atoms with E-state index in [9.17, 15) is 22.8 Å². The first-order chi connectivity index (χ1) is 17.0. The Balaban J connectivity index is 1.87. The van der Waals surface area contributed by atoms with Crippen LogP contribution in [0, 0.1) is 6.92 Å². The van der Waals surface area contributed by atoms with Crippen LogP contribution in [-0.2, 0) is 6.18 Å². The van der Waals surface area contributed by atoms with Gasteiger partial charge in [0.25, 0.3) is 11.8 Å². The first-order valence-electron chi connectivity index (χ1n) is 10.8. The zero-order valence-corrected chi connectivity index (χ0v) is 20.1. The second kappa shape index (κ2) is 9.57. The average Bonchev–Trinajstić information content (AvgIpc) is 3.25. The number of aryl methyl sites for hydroxylation is 1. The number of pyridine rings is 2. The molecule has 0 unspecified atom stereocenters. The summed E-state index contributed by atoms with van der Waals surface area (Å²) in [5.41, 5.74) is -0.768. The number of hydrogen-bond acceptors (Lipinski definition) is 5. The van der Waals surface area contributed by atoms with E-state index in [1.165, 1.54) is 18.3 Å². The largest absolute Gasteiger partial charge is 0.435 e. The summed E-state index contributed by atoms with van der Waals surface area (Å²) in [6, 6.07) is 10.1. The number of amides is 2. The topological polar surface area (TPSA) is 102 Å². The fourth-order valence-electron chi connectivity index (χ4n) is 3.61. The van der Waals surface area contributed by atoms with Gasteiger partial charge in [0.15, 0.2) is 11.5 Å². The van der Waals surface area contributed by atoms with Gasteiger partial charge in [0, 0.05) is 23.7 Å². The Morgan fingerprint density at radius 2 is 1.81 bits per heavy atom. The summed E-state index contributed by atoms with van der Waals surface area (Å²) >= 11 is 6.13. The Labute approximate surface area is 208 Å². The van der Waals surface area contributed by atoms with Gasteiger partial charge in [-0.15, -0.1) is 0 Å². The van der Waals surface area contributed by atoms with E-state index in [1.54, 1.807) is 45.0 Å². The van der Waals surface area contributed by atoms with Gasteiger partial charge in [0.05, 0.1) is 27.5 Å². The Bertz CT molecular complexity index is 1480. The van der Waals surface area contributed by atoms with Crippen LogP contribution in [0.5, 0.6) is 0 Å². The van der Waals surface area contributed by atoms with E-state index in [2.05, 4.69) is 25.7 Å². The molecule has 36 heavy (non-hydrogen) atoms. The first-order valence-corrected chi connectivity index (χ1v) is 11.1. The molecule has 4 rings (SSSR count). The molecule has 0 bridgehead atoms. The molecule has 1 aromatic carbocycles. The smallest absolute Gasteiger partial charge is 0.350 e. The van der Waals surface area contributed by atoms with Crippen molar-refractivity contribution in [3.05, 3.63) is 76.3 Å². The standard InChI is InChI=1S/C24H20ClF3N6O2/c1-12(2)30-23(36)19-14-7-4-5-9-16(14)31-13(3)20(19)32-22(35)17-11-18(24(26,27)28)33-34(17)21-15(25)8-6-10-29-21/h4-12H,1-3H3,(H,30,36)(H,32,35). The van der Waals surface area contributed by atoms with Crippen molar-refractivity contribution in [2.45, 2.75) is 33.0 Å². The highest BCUT2D eigenvalue weighted by Gasteiger charge is 2.37. The van der Waals surface area contributed by atoms with E-state index in [0.29, 0.717) is 22.7 Å². The molecule has 3 aromatic heterocycles. The molecular weight excluding hydrogens is 497 g/mol. The molecule has 12 heteroatoms. The molecule has 186 valence electrons. The predicted octanol–water partition coefficient (Wildman–Crippen LogP) is 5.19. The Hall–Kier alpha value is -3.99. The number of benzene rings is 1. The van der Waals surface area contributed by atoms with Crippen LogP contribution in [0.2, 0.25) is 5.02 Å². The zero-order chi connectivity index (χ0) is 26.2. The zero-order valence-electron chi connectivity index (χ0n) is 19.3. The number of nitrogens with zero attached hydrogens (tertiary/aromatic N) is 4. The van der Waals surface area contributed by atoms with Gasteiger partial charge in [0.2, 0.25) is 0 Å². The van der Waals surface area contributed by atoms with E-state index >= 15 is 0 Å². The van der Waals surface area contributed by atoms with Crippen molar-refractivity contribution in [2.75, 3.05) is 5.32 Å². The number of nitrogens with one attached hydrogen (secondary N) is 2. The summed E-state index contributed by atoms with van der Waals surface area (Å²) in [5, 5.41) is 9.35. The van der Waals surface area contributed by atoms with Crippen molar-refractivity contribution < 1.29 is 22.8 Å². The first kappa shape index (κ1) is 25.1. The number of aromatic nitrogens is 4. The van der Waals surface area contributed by atoms with Crippen LogP contribution in [0.25, 0.3) is 16.7 Å². The molecule has 4 aromatic rings.